The molecule has 120 valence electrons. The molecule has 1 aliphatic rings. The van der Waals surface area contributed by atoms with Crippen LogP contribution in [0.25, 0.3) is 0 Å². The molecule has 22 heavy (non-hydrogen) atoms. The van der Waals surface area contributed by atoms with Gasteiger partial charge in [-0.3, -0.25) is 9.59 Å². The van der Waals surface area contributed by atoms with Crippen molar-refractivity contribution in [1.82, 2.24) is 4.90 Å². The number of benzene rings is 1. The molecule has 1 saturated heterocycles. The highest BCUT2D eigenvalue weighted by atomic mass is 16.5. The highest BCUT2D eigenvalue weighted by Crippen LogP contribution is 2.26. The van der Waals surface area contributed by atoms with Crippen LogP contribution < -0.4 is 4.74 Å². The van der Waals surface area contributed by atoms with E-state index in [1.54, 1.807) is 13.2 Å². The molecule has 5 nitrogen and oxygen atoms in total. The monoisotopic (exact) mass is 305 g/mol. The SMILES string of the molecule is COc1cc(C)ccc1C(=O)N1CCC[C@@H](CCC(=O)O)C1. The third kappa shape index (κ3) is 4.00. The maximum Gasteiger partial charge on any atom is 0.303 e. The van der Waals surface area contributed by atoms with E-state index >= 15 is 0 Å². The van der Waals surface area contributed by atoms with Crippen molar-refractivity contribution in [3.63, 3.8) is 0 Å². The largest absolute Gasteiger partial charge is 0.496 e. The van der Waals surface area contributed by atoms with Gasteiger partial charge in [0.1, 0.15) is 5.75 Å². The van der Waals surface area contributed by atoms with E-state index in [0.717, 1.165) is 24.9 Å². The molecule has 1 fully saturated rings. The van der Waals surface area contributed by atoms with Crippen LogP contribution in [0.4, 0.5) is 0 Å². The van der Waals surface area contributed by atoms with Gasteiger partial charge in [0.2, 0.25) is 0 Å². The summed E-state index contributed by atoms with van der Waals surface area (Å²) >= 11 is 0. The fraction of sp³-hybridized carbons (Fsp3) is 0.529. The van der Waals surface area contributed by atoms with Gasteiger partial charge in [0, 0.05) is 19.5 Å². The van der Waals surface area contributed by atoms with Gasteiger partial charge in [-0.05, 0) is 49.8 Å². The molecule has 0 bridgehead atoms. The van der Waals surface area contributed by atoms with E-state index in [0.29, 0.717) is 24.3 Å². The zero-order valence-corrected chi connectivity index (χ0v) is 13.2. The second kappa shape index (κ2) is 7.29. The molecule has 0 unspecified atom stereocenters. The minimum atomic E-state index is -0.774. The van der Waals surface area contributed by atoms with Crippen LogP contribution >= 0.6 is 0 Å². The Bertz CT molecular complexity index is 556. The topological polar surface area (TPSA) is 66.8 Å². The zero-order chi connectivity index (χ0) is 16.1. The molecule has 1 aromatic rings. The molecule has 0 aromatic heterocycles. The first-order valence-electron chi connectivity index (χ1n) is 7.67. The van der Waals surface area contributed by atoms with E-state index in [1.165, 1.54) is 0 Å². The number of carboxylic acid groups (broad SMARTS) is 1. The van der Waals surface area contributed by atoms with Crippen molar-refractivity contribution >= 4 is 11.9 Å². The Morgan fingerprint density at radius 3 is 2.86 bits per heavy atom. The Labute approximate surface area is 130 Å². The van der Waals surface area contributed by atoms with E-state index in [1.807, 2.05) is 24.0 Å². The number of hydrogen-bond donors (Lipinski definition) is 1. The Hall–Kier alpha value is -2.04. The number of carboxylic acids is 1. The predicted octanol–water partition coefficient (Wildman–Crippen LogP) is 2.72. The Morgan fingerprint density at radius 2 is 2.18 bits per heavy atom. The zero-order valence-electron chi connectivity index (χ0n) is 13.2. The summed E-state index contributed by atoms with van der Waals surface area (Å²) in [4.78, 5) is 25.2. The van der Waals surface area contributed by atoms with Gasteiger partial charge in [-0.1, -0.05) is 6.07 Å². The van der Waals surface area contributed by atoms with E-state index in [-0.39, 0.29) is 18.2 Å². The first kappa shape index (κ1) is 16.3. The summed E-state index contributed by atoms with van der Waals surface area (Å²) < 4.78 is 5.32. The van der Waals surface area contributed by atoms with Gasteiger partial charge in [0.25, 0.3) is 5.91 Å². The molecule has 2 rings (SSSR count). The number of nitrogens with zero attached hydrogens (tertiary/aromatic N) is 1. The standard InChI is InChI=1S/C17H23NO4/c1-12-5-7-14(15(10-12)22-2)17(21)18-9-3-4-13(11-18)6-8-16(19)20/h5,7,10,13H,3-4,6,8-9,11H2,1-2H3,(H,19,20)/t13-/m0/s1. The molecule has 0 aliphatic carbocycles. The molecule has 1 aromatic carbocycles. The molecule has 0 saturated carbocycles. The highest BCUT2D eigenvalue weighted by Gasteiger charge is 2.26. The lowest BCUT2D eigenvalue weighted by Crippen LogP contribution is -2.40. The smallest absolute Gasteiger partial charge is 0.303 e. The second-order valence-corrected chi connectivity index (χ2v) is 5.90. The summed E-state index contributed by atoms with van der Waals surface area (Å²) in [7, 11) is 1.57. The minimum Gasteiger partial charge on any atom is -0.496 e. The number of carbonyl (C=O) groups is 2. The van der Waals surface area contributed by atoms with Crippen LogP contribution in [-0.2, 0) is 4.79 Å². The molecule has 1 atom stereocenters. The molecule has 0 radical (unpaired) electrons. The average molecular weight is 305 g/mol. The fourth-order valence-corrected chi connectivity index (χ4v) is 2.96. The number of ether oxygens (including phenoxy) is 1. The number of methoxy groups -OCH3 is 1. The molecular weight excluding hydrogens is 282 g/mol. The predicted molar refractivity (Wildman–Crippen MR) is 83.2 cm³/mol. The molecule has 1 amide bonds. The van der Waals surface area contributed by atoms with Crippen molar-refractivity contribution < 1.29 is 19.4 Å². The van der Waals surface area contributed by atoms with Crippen LogP contribution in [0.2, 0.25) is 0 Å². The van der Waals surface area contributed by atoms with E-state index < -0.39 is 5.97 Å². The quantitative estimate of drug-likeness (QED) is 0.908. The average Bonchev–Trinajstić information content (AvgIpc) is 2.52. The van der Waals surface area contributed by atoms with Gasteiger partial charge < -0.3 is 14.7 Å². The van der Waals surface area contributed by atoms with Gasteiger partial charge in [-0.25, -0.2) is 0 Å². The van der Waals surface area contributed by atoms with Crippen LogP contribution in [0.1, 0.15) is 41.6 Å². The van der Waals surface area contributed by atoms with Gasteiger partial charge in [0.15, 0.2) is 0 Å². The van der Waals surface area contributed by atoms with Crippen molar-refractivity contribution in [1.29, 1.82) is 0 Å². The number of rotatable bonds is 5. The van der Waals surface area contributed by atoms with Crippen LogP contribution in [0.5, 0.6) is 5.75 Å². The second-order valence-electron chi connectivity index (χ2n) is 5.90. The summed E-state index contributed by atoms with van der Waals surface area (Å²) in [6.07, 6.45) is 2.71. The fourth-order valence-electron chi connectivity index (χ4n) is 2.96. The molecule has 1 N–H and O–H groups in total. The lowest BCUT2D eigenvalue weighted by molar-refractivity contribution is -0.137. The maximum absolute atomic E-state index is 12.7. The van der Waals surface area contributed by atoms with E-state index in [4.69, 9.17) is 9.84 Å². The van der Waals surface area contributed by atoms with Crippen molar-refractivity contribution in [3.8, 4) is 5.75 Å². The number of likely N-dealkylation sites (tertiary alicyclic amines) is 1. The van der Waals surface area contributed by atoms with Gasteiger partial charge in [-0.2, -0.15) is 0 Å². The molecule has 1 heterocycles. The van der Waals surface area contributed by atoms with Crippen LogP contribution in [-0.4, -0.2) is 42.1 Å². The Balaban J connectivity index is 2.07. The summed E-state index contributed by atoms with van der Waals surface area (Å²) in [6, 6.07) is 5.57. The third-order valence-corrected chi connectivity index (χ3v) is 4.16. The van der Waals surface area contributed by atoms with Crippen LogP contribution in [0.3, 0.4) is 0 Å². The van der Waals surface area contributed by atoms with Crippen LogP contribution in [0.15, 0.2) is 18.2 Å². The lowest BCUT2D eigenvalue weighted by atomic mass is 9.93. The minimum absolute atomic E-state index is 0.0307. The van der Waals surface area contributed by atoms with Crippen molar-refractivity contribution in [2.75, 3.05) is 20.2 Å². The highest BCUT2D eigenvalue weighted by molar-refractivity contribution is 5.97. The molecule has 1 aliphatic heterocycles. The number of piperidine rings is 1. The first-order chi connectivity index (χ1) is 10.5. The normalized spacial score (nSPS) is 18.1. The summed E-state index contributed by atoms with van der Waals surface area (Å²) in [5.41, 5.74) is 1.62. The number of hydrogen-bond acceptors (Lipinski definition) is 3. The van der Waals surface area contributed by atoms with Gasteiger partial charge >= 0.3 is 5.97 Å². The number of aryl methyl sites for hydroxylation is 1. The van der Waals surface area contributed by atoms with Crippen LogP contribution in [0, 0.1) is 12.8 Å². The number of carbonyl (C=O) groups excluding carboxylic acids is 1. The summed E-state index contributed by atoms with van der Waals surface area (Å²) in [5, 5.41) is 8.79. The molecular formula is C17H23NO4. The van der Waals surface area contributed by atoms with Crippen molar-refractivity contribution in [2.24, 2.45) is 5.92 Å². The summed E-state index contributed by atoms with van der Waals surface area (Å²) in [6.45, 7) is 3.31. The van der Waals surface area contributed by atoms with Crippen molar-refractivity contribution in [3.05, 3.63) is 29.3 Å². The molecule has 5 heteroatoms. The molecule has 0 spiro atoms. The maximum atomic E-state index is 12.7. The third-order valence-electron chi connectivity index (χ3n) is 4.16. The van der Waals surface area contributed by atoms with E-state index in [9.17, 15) is 9.59 Å². The lowest BCUT2D eigenvalue weighted by Gasteiger charge is -2.33. The van der Waals surface area contributed by atoms with Gasteiger partial charge in [0.05, 0.1) is 12.7 Å². The Kier molecular flexibility index (Phi) is 5.41. The number of aliphatic carboxylic acids is 1. The summed E-state index contributed by atoms with van der Waals surface area (Å²) in [5.74, 6) is 0.0587. The first-order valence-corrected chi connectivity index (χ1v) is 7.67. The van der Waals surface area contributed by atoms with Gasteiger partial charge in [-0.15, -0.1) is 0 Å². The van der Waals surface area contributed by atoms with E-state index in [2.05, 4.69) is 0 Å². The number of amides is 1. The Morgan fingerprint density at radius 1 is 1.41 bits per heavy atom. The van der Waals surface area contributed by atoms with Crippen molar-refractivity contribution in [2.45, 2.75) is 32.6 Å².